The molecule has 3 heteroatoms. The number of amides is 1. The Bertz CT molecular complexity index is 622. The number of nitrogens with one attached hydrogen (secondary N) is 1. The summed E-state index contributed by atoms with van der Waals surface area (Å²) in [5.41, 5.74) is 4.17. The second-order valence-corrected chi connectivity index (χ2v) is 5.29. The molecule has 0 atom stereocenters. The van der Waals surface area contributed by atoms with Crippen LogP contribution >= 0.6 is 11.6 Å². The molecule has 1 N–H and O–H groups in total. The molecule has 0 saturated heterocycles. The molecule has 0 unspecified atom stereocenters. The highest BCUT2D eigenvalue weighted by Crippen LogP contribution is 2.19. The summed E-state index contributed by atoms with van der Waals surface area (Å²) >= 11 is 6.08. The topological polar surface area (TPSA) is 29.1 Å². The van der Waals surface area contributed by atoms with Gasteiger partial charge in [-0.3, -0.25) is 4.79 Å². The van der Waals surface area contributed by atoms with Crippen LogP contribution in [-0.4, -0.2) is 5.91 Å². The minimum absolute atomic E-state index is 0.0126. The molecule has 104 valence electrons. The van der Waals surface area contributed by atoms with Gasteiger partial charge >= 0.3 is 0 Å². The Balaban J connectivity index is 1.96. The third-order valence-corrected chi connectivity index (χ3v) is 3.83. The maximum atomic E-state index is 12.0. The molecule has 2 nitrogen and oxygen atoms in total. The lowest BCUT2D eigenvalue weighted by atomic mass is 10.1. The number of aryl methyl sites for hydroxylation is 2. The molecule has 2 rings (SSSR count). The summed E-state index contributed by atoms with van der Waals surface area (Å²) in [7, 11) is 0. The zero-order valence-electron chi connectivity index (χ0n) is 11.7. The van der Waals surface area contributed by atoms with Crippen molar-refractivity contribution in [3.05, 3.63) is 64.2 Å². The molecule has 20 heavy (non-hydrogen) atoms. The van der Waals surface area contributed by atoms with Crippen molar-refractivity contribution >= 4 is 23.2 Å². The molecule has 2 aromatic rings. The number of anilines is 1. The second kappa shape index (κ2) is 6.58. The quantitative estimate of drug-likeness (QED) is 0.879. The predicted molar refractivity (Wildman–Crippen MR) is 84.3 cm³/mol. The maximum absolute atomic E-state index is 12.0. The van der Waals surface area contributed by atoms with Gasteiger partial charge in [-0.05, 0) is 49.1 Å². The first kappa shape index (κ1) is 14.6. The predicted octanol–water partition coefficient (Wildman–Crippen LogP) is 4.53. The van der Waals surface area contributed by atoms with Gasteiger partial charge in [0.25, 0.3) is 0 Å². The Morgan fingerprint density at radius 3 is 2.60 bits per heavy atom. The van der Waals surface area contributed by atoms with Crippen LogP contribution < -0.4 is 5.32 Å². The van der Waals surface area contributed by atoms with Gasteiger partial charge in [-0.25, -0.2) is 0 Å². The first-order valence-electron chi connectivity index (χ1n) is 6.67. The highest BCUT2D eigenvalue weighted by molar-refractivity contribution is 6.31. The molecule has 0 heterocycles. The summed E-state index contributed by atoms with van der Waals surface area (Å²) in [4.78, 5) is 12.0. The Labute approximate surface area is 124 Å². The van der Waals surface area contributed by atoms with E-state index in [9.17, 15) is 4.79 Å². The van der Waals surface area contributed by atoms with Crippen LogP contribution in [0, 0.1) is 13.8 Å². The van der Waals surface area contributed by atoms with E-state index in [-0.39, 0.29) is 5.91 Å². The number of hydrogen-bond donors (Lipinski definition) is 1. The minimum Gasteiger partial charge on any atom is -0.326 e. The SMILES string of the molecule is Cc1cccc(NC(=O)CCc2ccccc2Cl)c1C. The molecule has 0 bridgehead atoms. The lowest BCUT2D eigenvalue weighted by molar-refractivity contribution is -0.116. The molecule has 0 radical (unpaired) electrons. The van der Waals surface area contributed by atoms with Crippen LogP contribution in [-0.2, 0) is 11.2 Å². The van der Waals surface area contributed by atoms with E-state index in [0.717, 1.165) is 16.8 Å². The lowest BCUT2D eigenvalue weighted by Crippen LogP contribution is -2.13. The van der Waals surface area contributed by atoms with E-state index >= 15 is 0 Å². The number of halogens is 1. The largest absolute Gasteiger partial charge is 0.326 e. The summed E-state index contributed by atoms with van der Waals surface area (Å²) in [6.45, 7) is 4.05. The monoisotopic (exact) mass is 287 g/mol. The molecule has 0 aliphatic carbocycles. The van der Waals surface area contributed by atoms with Crippen LogP contribution in [0.25, 0.3) is 0 Å². The van der Waals surface area contributed by atoms with Crippen molar-refractivity contribution in [3.63, 3.8) is 0 Å². The Kier molecular flexibility index (Phi) is 4.80. The smallest absolute Gasteiger partial charge is 0.224 e. The summed E-state index contributed by atoms with van der Waals surface area (Å²) in [6, 6.07) is 13.5. The molecule has 0 fully saturated rings. The molecule has 2 aromatic carbocycles. The summed E-state index contributed by atoms with van der Waals surface area (Å²) in [5.74, 6) is 0.0126. The van der Waals surface area contributed by atoms with E-state index < -0.39 is 0 Å². The fraction of sp³-hybridized carbons (Fsp3) is 0.235. The van der Waals surface area contributed by atoms with E-state index in [1.807, 2.05) is 56.3 Å². The number of carbonyl (C=O) groups excluding carboxylic acids is 1. The number of hydrogen-bond acceptors (Lipinski definition) is 1. The molecule has 0 spiro atoms. The van der Waals surface area contributed by atoms with Gasteiger partial charge in [0.05, 0.1) is 0 Å². The van der Waals surface area contributed by atoms with E-state index in [4.69, 9.17) is 11.6 Å². The summed E-state index contributed by atoms with van der Waals surface area (Å²) in [6.07, 6.45) is 1.08. The van der Waals surface area contributed by atoms with Crippen LogP contribution in [0.3, 0.4) is 0 Å². The van der Waals surface area contributed by atoms with Crippen LogP contribution in [0.15, 0.2) is 42.5 Å². The van der Waals surface area contributed by atoms with Gasteiger partial charge in [0.2, 0.25) is 5.91 Å². The van der Waals surface area contributed by atoms with Crippen molar-refractivity contribution in [2.75, 3.05) is 5.32 Å². The van der Waals surface area contributed by atoms with Crippen molar-refractivity contribution in [2.45, 2.75) is 26.7 Å². The lowest BCUT2D eigenvalue weighted by Gasteiger charge is -2.10. The fourth-order valence-electron chi connectivity index (χ4n) is 2.05. The van der Waals surface area contributed by atoms with Crippen LogP contribution in [0.2, 0.25) is 5.02 Å². The Morgan fingerprint density at radius 2 is 1.85 bits per heavy atom. The van der Waals surface area contributed by atoms with Gasteiger partial charge in [-0.2, -0.15) is 0 Å². The molecule has 0 aliphatic rings. The highest BCUT2D eigenvalue weighted by Gasteiger charge is 2.07. The molecular weight excluding hydrogens is 270 g/mol. The van der Waals surface area contributed by atoms with E-state index in [0.29, 0.717) is 17.9 Å². The molecule has 0 saturated carbocycles. The van der Waals surface area contributed by atoms with E-state index in [1.165, 1.54) is 5.56 Å². The maximum Gasteiger partial charge on any atom is 0.224 e. The highest BCUT2D eigenvalue weighted by atomic mass is 35.5. The van der Waals surface area contributed by atoms with E-state index in [1.54, 1.807) is 0 Å². The van der Waals surface area contributed by atoms with Crippen LogP contribution in [0.4, 0.5) is 5.69 Å². The summed E-state index contributed by atoms with van der Waals surface area (Å²) in [5, 5.41) is 3.67. The molecule has 1 amide bonds. The van der Waals surface area contributed by atoms with Gasteiger partial charge in [-0.1, -0.05) is 41.9 Å². The Hall–Kier alpha value is -1.80. The Morgan fingerprint density at radius 1 is 1.10 bits per heavy atom. The third kappa shape index (κ3) is 3.61. The van der Waals surface area contributed by atoms with Crippen molar-refractivity contribution < 1.29 is 4.79 Å². The van der Waals surface area contributed by atoms with E-state index in [2.05, 4.69) is 5.32 Å². The van der Waals surface area contributed by atoms with Crippen LogP contribution in [0.1, 0.15) is 23.1 Å². The number of benzene rings is 2. The van der Waals surface area contributed by atoms with Gasteiger partial charge < -0.3 is 5.32 Å². The number of carbonyl (C=O) groups is 1. The summed E-state index contributed by atoms with van der Waals surface area (Å²) < 4.78 is 0. The van der Waals surface area contributed by atoms with Crippen molar-refractivity contribution in [2.24, 2.45) is 0 Å². The zero-order chi connectivity index (χ0) is 14.5. The first-order chi connectivity index (χ1) is 9.58. The zero-order valence-corrected chi connectivity index (χ0v) is 12.5. The standard InChI is InChI=1S/C17H18ClNO/c1-12-6-5-9-16(13(12)2)19-17(20)11-10-14-7-3-4-8-15(14)18/h3-9H,10-11H2,1-2H3,(H,19,20). The van der Waals surface area contributed by atoms with Crippen molar-refractivity contribution in [1.82, 2.24) is 0 Å². The van der Waals surface area contributed by atoms with Crippen molar-refractivity contribution in [3.8, 4) is 0 Å². The third-order valence-electron chi connectivity index (χ3n) is 3.46. The fourth-order valence-corrected chi connectivity index (χ4v) is 2.28. The second-order valence-electron chi connectivity index (χ2n) is 4.89. The minimum atomic E-state index is 0.0126. The first-order valence-corrected chi connectivity index (χ1v) is 7.05. The average Bonchev–Trinajstić information content (AvgIpc) is 2.43. The van der Waals surface area contributed by atoms with Gasteiger partial charge in [0, 0.05) is 17.1 Å². The van der Waals surface area contributed by atoms with Gasteiger partial charge in [0.1, 0.15) is 0 Å². The molecule has 0 aromatic heterocycles. The van der Waals surface area contributed by atoms with Crippen molar-refractivity contribution in [1.29, 1.82) is 0 Å². The van der Waals surface area contributed by atoms with Crippen LogP contribution in [0.5, 0.6) is 0 Å². The normalized spacial score (nSPS) is 10.3. The molecular formula is C17H18ClNO. The van der Waals surface area contributed by atoms with Gasteiger partial charge in [0.15, 0.2) is 0 Å². The number of rotatable bonds is 4. The average molecular weight is 288 g/mol. The van der Waals surface area contributed by atoms with Gasteiger partial charge in [-0.15, -0.1) is 0 Å². The molecule has 0 aliphatic heterocycles.